The monoisotopic (exact) mass is 370 g/mol. The van der Waals surface area contributed by atoms with Crippen LogP contribution in [0.25, 0.3) is 0 Å². The van der Waals surface area contributed by atoms with Crippen molar-refractivity contribution >= 4 is 37.5 Å². The molecule has 0 amide bonds. The molecule has 0 spiro atoms. The van der Waals surface area contributed by atoms with Crippen LogP contribution < -0.4 is 5.32 Å². The minimum absolute atomic E-state index is 0.00461. The first-order valence-corrected chi connectivity index (χ1v) is 7.01. The zero-order valence-electron chi connectivity index (χ0n) is 9.48. The molecule has 1 unspecified atom stereocenters. The number of aliphatic hydroxyl groups is 1. The molecule has 5 heteroatoms. The Labute approximate surface area is 123 Å². The van der Waals surface area contributed by atoms with Gasteiger partial charge in [-0.25, -0.2) is 0 Å². The van der Waals surface area contributed by atoms with Crippen LogP contribution in [0.15, 0.2) is 51.7 Å². The summed E-state index contributed by atoms with van der Waals surface area (Å²) in [5, 5.41) is 12.8. The average Bonchev–Trinajstić information content (AvgIpc) is 2.36. The highest BCUT2D eigenvalue weighted by molar-refractivity contribution is 9.10. The molecule has 1 aromatic heterocycles. The van der Waals surface area contributed by atoms with E-state index in [1.165, 1.54) is 0 Å². The van der Waals surface area contributed by atoms with E-state index >= 15 is 0 Å². The van der Waals surface area contributed by atoms with Crippen molar-refractivity contribution in [2.24, 2.45) is 0 Å². The van der Waals surface area contributed by atoms with E-state index in [-0.39, 0.29) is 12.6 Å². The van der Waals surface area contributed by atoms with Gasteiger partial charge >= 0.3 is 0 Å². The Morgan fingerprint density at radius 2 is 2.00 bits per heavy atom. The fourth-order valence-corrected chi connectivity index (χ4v) is 2.41. The van der Waals surface area contributed by atoms with Gasteiger partial charge in [0.25, 0.3) is 0 Å². The van der Waals surface area contributed by atoms with E-state index in [4.69, 9.17) is 0 Å². The van der Waals surface area contributed by atoms with Gasteiger partial charge in [0.15, 0.2) is 0 Å². The highest BCUT2D eigenvalue weighted by Crippen LogP contribution is 2.23. The molecule has 1 aromatic carbocycles. The molecule has 0 saturated heterocycles. The van der Waals surface area contributed by atoms with E-state index in [1.54, 1.807) is 12.4 Å². The first kappa shape index (κ1) is 13.5. The van der Waals surface area contributed by atoms with Gasteiger partial charge in [0.1, 0.15) is 0 Å². The minimum Gasteiger partial charge on any atom is -0.394 e. The Balaban J connectivity index is 2.19. The van der Waals surface area contributed by atoms with Crippen LogP contribution in [-0.2, 0) is 0 Å². The maximum absolute atomic E-state index is 9.48. The van der Waals surface area contributed by atoms with Crippen LogP contribution in [0.4, 0.5) is 5.69 Å². The quantitative estimate of drug-likeness (QED) is 0.860. The molecule has 0 fully saturated rings. The lowest BCUT2D eigenvalue weighted by Gasteiger charge is -2.18. The van der Waals surface area contributed by atoms with Crippen LogP contribution in [0.2, 0.25) is 0 Å². The van der Waals surface area contributed by atoms with Gasteiger partial charge in [0.2, 0.25) is 0 Å². The van der Waals surface area contributed by atoms with E-state index in [0.717, 1.165) is 20.2 Å². The maximum Gasteiger partial charge on any atom is 0.0760 e. The van der Waals surface area contributed by atoms with Crippen molar-refractivity contribution in [2.45, 2.75) is 6.04 Å². The Kier molecular flexibility index (Phi) is 4.74. The molecule has 0 bridgehead atoms. The standard InChI is InChI=1S/C13H12Br2N2O/c14-10-2-1-3-12(5-10)17-13(8-18)9-4-11(15)7-16-6-9/h1-7,13,17-18H,8H2. The second-order valence-electron chi connectivity index (χ2n) is 3.83. The highest BCUT2D eigenvalue weighted by Gasteiger charge is 2.11. The maximum atomic E-state index is 9.48. The number of halogens is 2. The van der Waals surface area contributed by atoms with Crippen molar-refractivity contribution < 1.29 is 5.11 Å². The Hall–Kier alpha value is -0.910. The molecule has 0 aliphatic rings. The van der Waals surface area contributed by atoms with E-state index in [2.05, 4.69) is 42.2 Å². The third-order valence-electron chi connectivity index (χ3n) is 2.48. The zero-order chi connectivity index (χ0) is 13.0. The highest BCUT2D eigenvalue weighted by atomic mass is 79.9. The molecule has 1 atom stereocenters. The molecule has 0 radical (unpaired) electrons. The van der Waals surface area contributed by atoms with Gasteiger partial charge in [-0.3, -0.25) is 4.98 Å². The summed E-state index contributed by atoms with van der Waals surface area (Å²) in [6.45, 7) is 0.00461. The topological polar surface area (TPSA) is 45.1 Å². The number of benzene rings is 1. The lowest BCUT2D eigenvalue weighted by Crippen LogP contribution is -2.15. The summed E-state index contributed by atoms with van der Waals surface area (Å²) in [5.74, 6) is 0. The van der Waals surface area contributed by atoms with Crippen LogP contribution in [0, 0.1) is 0 Å². The van der Waals surface area contributed by atoms with Crippen molar-refractivity contribution in [3.63, 3.8) is 0 Å². The van der Waals surface area contributed by atoms with Gasteiger partial charge in [-0.1, -0.05) is 22.0 Å². The van der Waals surface area contributed by atoms with Crippen molar-refractivity contribution in [1.29, 1.82) is 0 Å². The molecule has 18 heavy (non-hydrogen) atoms. The van der Waals surface area contributed by atoms with Gasteiger partial charge in [0.05, 0.1) is 12.6 Å². The van der Waals surface area contributed by atoms with Crippen LogP contribution in [-0.4, -0.2) is 16.7 Å². The molecule has 0 saturated carbocycles. The molecule has 94 valence electrons. The smallest absolute Gasteiger partial charge is 0.0760 e. The third-order valence-corrected chi connectivity index (χ3v) is 3.40. The normalized spacial score (nSPS) is 12.2. The van der Waals surface area contributed by atoms with Crippen molar-refractivity contribution in [3.05, 3.63) is 57.2 Å². The second-order valence-corrected chi connectivity index (χ2v) is 5.66. The van der Waals surface area contributed by atoms with Crippen LogP contribution in [0.1, 0.15) is 11.6 Å². The molecule has 0 aliphatic heterocycles. The zero-order valence-corrected chi connectivity index (χ0v) is 12.6. The molecule has 2 aromatic rings. The molecule has 2 N–H and O–H groups in total. The molecule has 0 aliphatic carbocycles. The first-order chi connectivity index (χ1) is 8.69. The van der Waals surface area contributed by atoms with Crippen molar-refractivity contribution in [2.75, 3.05) is 11.9 Å². The summed E-state index contributed by atoms with van der Waals surface area (Å²) in [4.78, 5) is 4.10. The minimum atomic E-state index is -0.177. The lowest BCUT2D eigenvalue weighted by atomic mass is 10.1. The van der Waals surface area contributed by atoms with Gasteiger partial charge < -0.3 is 10.4 Å². The summed E-state index contributed by atoms with van der Waals surface area (Å²) in [5.41, 5.74) is 1.88. The van der Waals surface area contributed by atoms with Crippen molar-refractivity contribution in [3.8, 4) is 0 Å². The predicted octanol–water partition coefficient (Wildman–Crippen LogP) is 3.75. The molecule has 3 nitrogen and oxygen atoms in total. The van der Waals surface area contributed by atoms with Crippen molar-refractivity contribution in [1.82, 2.24) is 4.98 Å². The number of nitrogens with zero attached hydrogens (tertiary/aromatic N) is 1. The number of nitrogens with one attached hydrogen (secondary N) is 1. The second kappa shape index (κ2) is 6.31. The summed E-state index contributed by atoms with van der Waals surface area (Å²) in [7, 11) is 0. The van der Waals surface area contributed by atoms with Crippen LogP contribution >= 0.6 is 31.9 Å². The van der Waals surface area contributed by atoms with E-state index in [9.17, 15) is 5.11 Å². The van der Waals surface area contributed by atoms with E-state index in [0.29, 0.717) is 0 Å². The van der Waals surface area contributed by atoms with Gasteiger partial charge in [0, 0.05) is 27.0 Å². The third kappa shape index (κ3) is 3.54. The number of aromatic nitrogens is 1. The number of hydrogen-bond acceptors (Lipinski definition) is 3. The number of aliphatic hydroxyl groups excluding tert-OH is 1. The Morgan fingerprint density at radius 1 is 1.17 bits per heavy atom. The summed E-state index contributed by atoms with van der Waals surface area (Å²) >= 11 is 6.80. The fourth-order valence-electron chi connectivity index (χ4n) is 1.63. The SMILES string of the molecule is OCC(Nc1cccc(Br)c1)c1cncc(Br)c1. The summed E-state index contributed by atoms with van der Waals surface area (Å²) < 4.78 is 1.89. The summed E-state index contributed by atoms with van der Waals surface area (Å²) in [6, 6.07) is 9.59. The lowest BCUT2D eigenvalue weighted by molar-refractivity contribution is 0.276. The molecular weight excluding hydrogens is 360 g/mol. The largest absolute Gasteiger partial charge is 0.394 e. The van der Waals surface area contributed by atoms with Crippen LogP contribution in [0.5, 0.6) is 0 Å². The summed E-state index contributed by atoms with van der Waals surface area (Å²) in [6.07, 6.45) is 3.47. The van der Waals surface area contributed by atoms with Gasteiger partial charge in [-0.15, -0.1) is 0 Å². The van der Waals surface area contributed by atoms with Gasteiger partial charge in [-0.2, -0.15) is 0 Å². The number of anilines is 1. The molecular formula is C13H12Br2N2O. The number of pyridine rings is 1. The van der Waals surface area contributed by atoms with Crippen LogP contribution in [0.3, 0.4) is 0 Å². The van der Waals surface area contributed by atoms with E-state index in [1.807, 2.05) is 30.3 Å². The molecule has 1 heterocycles. The predicted molar refractivity (Wildman–Crippen MR) is 79.5 cm³/mol. The Bertz CT molecular complexity index is 534. The average molecular weight is 372 g/mol. The Morgan fingerprint density at radius 3 is 2.67 bits per heavy atom. The van der Waals surface area contributed by atoms with Gasteiger partial charge in [-0.05, 0) is 45.8 Å². The first-order valence-electron chi connectivity index (χ1n) is 5.42. The molecule has 2 rings (SSSR count). The number of hydrogen-bond donors (Lipinski definition) is 2. The number of rotatable bonds is 4. The van der Waals surface area contributed by atoms with E-state index < -0.39 is 0 Å². The fraction of sp³-hybridized carbons (Fsp3) is 0.154.